The molecule has 19 heavy (non-hydrogen) atoms. The molecular formula is C11H13FN2O4S. The topological polar surface area (TPSA) is 76.6 Å². The molecule has 0 saturated carbocycles. The molecule has 1 saturated heterocycles. The van der Waals surface area contributed by atoms with Crippen LogP contribution >= 0.6 is 0 Å². The van der Waals surface area contributed by atoms with Crippen molar-refractivity contribution in [3.63, 3.8) is 0 Å². The summed E-state index contributed by atoms with van der Waals surface area (Å²) in [5.41, 5.74) is 0. The summed E-state index contributed by atoms with van der Waals surface area (Å²) in [5.74, 6) is -1.62. The fourth-order valence-electron chi connectivity index (χ4n) is 1.99. The van der Waals surface area contributed by atoms with Gasteiger partial charge >= 0.3 is 5.97 Å². The summed E-state index contributed by atoms with van der Waals surface area (Å²) in [7, 11) is -2.55. The number of carbonyl (C=O) groups excluding carboxylic acids is 1. The van der Waals surface area contributed by atoms with E-state index in [1.165, 1.54) is 7.11 Å². The van der Waals surface area contributed by atoms with Crippen molar-refractivity contribution in [2.45, 2.75) is 11.3 Å². The number of halogens is 1. The Labute approximate surface area is 110 Å². The molecule has 104 valence electrons. The van der Waals surface area contributed by atoms with Gasteiger partial charge in [-0.25, -0.2) is 12.8 Å². The summed E-state index contributed by atoms with van der Waals surface area (Å²) in [6.07, 6.45) is 2.42. The SMILES string of the molecule is COC(=O)C1CCN(S(=O)(=O)c2cncc(F)c2)C1. The van der Waals surface area contributed by atoms with Gasteiger partial charge in [0.05, 0.1) is 19.2 Å². The standard InChI is InChI=1S/C11H13FN2O4S/c1-18-11(15)8-2-3-14(7-8)19(16,17)10-4-9(12)5-13-6-10/h4-6,8H,2-3,7H2,1H3. The molecule has 0 spiro atoms. The summed E-state index contributed by atoms with van der Waals surface area (Å²) in [5, 5.41) is 0. The van der Waals surface area contributed by atoms with Crippen LogP contribution in [0.25, 0.3) is 0 Å². The highest BCUT2D eigenvalue weighted by molar-refractivity contribution is 7.89. The number of nitrogens with zero attached hydrogens (tertiary/aromatic N) is 2. The van der Waals surface area contributed by atoms with Crippen molar-refractivity contribution in [1.82, 2.24) is 9.29 Å². The zero-order valence-electron chi connectivity index (χ0n) is 10.2. The molecule has 6 nitrogen and oxygen atoms in total. The second-order valence-corrected chi connectivity index (χ2v) is 6.15. The number of esters is 1. The van der Waals surface area contributed by atoms with Crippen molar-refractivity contribution < 1.29 is 22.3 Å². The highest BCUT2D eigenvalue weighted by Gasteiger charge is 2.36. The Morgan fingerprint density at radius 1 is 1.53 bits per heavy atom. The fourth-order valence-corrected chi connectivity index (χ4v) is 3.46. The van der Waals surface area contributed by atoms with E-state index < -0.39 is 27.7 Å². The maximum absolute atomic E-state index is 13.0. The number of rotatable bonds is 3. The van der Waals surface area contributed by atoms with E-state index in [0.717, 1.165) is 22.8 Å². The second-order valence-electron chi connectivity index (χ2n) is 4.21. The van der Waals surface area contributed by atoms with Gasteiger partial charge in [0.25, 0.3) is 0 Å². The van der Waals surface area contributed by atoms with Crippen LogP contribution in [0.5, 0.6) is 0 Å². The highest BCUT2D eigenvalue weighted by Crippen LogP contribution is 2.24. The molecule has 8 heteroatoms. The number of carbonyl (C=O) groups is 1. The second kappa shape index (κ2) is 5.22. The first-order chi connectivity index (χ1) is 8.95. The van der Waals surface area contributed by atoms with Crippen molar-refractivity contribution in [3.8, 4) is 0 Å². The van der Waals surface area contributed by atoms with Crippen molar-refractivity contribution in [1.29, 1.82) is 0 Å². The minimum atomic E-state index is -3.81. The van der Waals surface area contributed by atoms with Crippen molar-refractivity contribution in [2.75, 3.05) is 20.2 Å². The molecule has 0 amide bonds. The maximum Gasteiger partial charge on any atom is 0.310 e. The van der Waals surface area contributed by atoms with Gasteiger partial charge < -0.3 is 4.74 Å². The lowest BCUT2D eigenvalue weighted by molar-refractivity contribution is -0.144. The van der Waals surface area contributed by atoms with Gasteiger partial charge in [-0.05, 0) is 12.5 Å². The van der Waals surface area contributed by atoms with E-state index >= 15 is 0 Å². The molecule has 0 aliphatic carbocycles. The minimum Gasteiger partial charge on any atom is -0.469 e. The molecule has 1 aromatic heterocycles. The summed E-state index contributed by atoms with van der Waals surface area (Å²) in [6.45, 7) is 0.254. The fraction of sp³-hybridized carbons (Fsp3) is 0.455. The molecule has 1 atom stereocenters. The Hall–Kier alpha value is -1.54. The number of hydrogen-bond acceptors (Lipinski definition) is 5. The third-order valence-electron chi connectivity index (χ3n) is 3.00. The quantitative estimate of drug-likeness (QED) is 0.753. The van der Waals surface area contributed by atoms with Crippen LogP contribution in [0.3, 0.4) is 0 Å². The number of aromatic nitrogens is 1. The first-order valence-corrected chi connectivity index (χ1v) is 7.07. The molecule has 1 aliphatic rings. The van der Waals surface area contributed by atoms with E-state index in [-0.39, 0.29) is 18.0 Å². The van der Waals surface area contributed by atoms with Gasteiger partial charge in [0, 0.05) is 19.3 Å². The van der Waals surface area contributed by atoms with Gasteiger partial charge in [0.2, 0.25) is 10.0 Å². The zero-order valence-corrected chi connectivity index (χ0v) is 11.1. The molecule has 2 rings (SSSR count). The largest absolute Gasteiger partial charge is 0.469 e. The monoisotopic (exact) mass is 288 g/mol. The van der Waals surface area contributed by atoms with Crippen LogP contribution in [0.4, 0.5) is 4.39 Å². The van der Waals surface area contributed by atoms with Crippen LogP contribution in [-0.4, -0.2) is 43.9 Å². The normalized spacial score (nSPS) is 20.4. The van der Waals surface area contributed by atoms with Crippen LogP contribution in [0, 0.1) is 11.7 Å². The smallest absolute Gasteiger partial charge is 0.310 e. The van der Waals surface area contributed by atoms with Crippen LogP contribution < -0.4 is 0 Å². The molecule has 1 unspecified atom stereocenters. The average molecular weight is 288 g/mol. The molecular weight excluding hydrogens is 275 g/mol. The lowest BCUT2D eigenvalue weighted by Crippen LogP contribution is -2.30. The van der Waals surface area contributed by atoms with Gasteiger partial charge in [-0.15, -0.1) is 0 Å². The molecule has 0 aromatic carbocycles. The highest BCUT2D eigenvalue weighted by atomic mass is 32.2. The predicted molar refractivity (Wildman–Crippen MR) is 63.1 cm³/mol. The Morgan fingerprint density at radius 2 is 2.26 bits per heavy atom. The lowest BCUT2D eigenvalue weighted by Gasteiger charge is -2.15. The Balaban J connectivity index is 2.21. The average Bonchev–Trinajstić information content (AvgIpc) is 2.88. The number of methoxy groups -OCH3 is 1. The van der Waals surface area contributed by atoms with E-state index in [1.807, 2.05) is 0 Å². The van der Waals surface area contributed by atoms with E-state index in [0.29, 0.717) is 6.42 Å². The lowest BCUT2D eigenvalue weighted by atomic mass is 10.1. The van der Waals surface area contributed by atoms with E-state index in [1.54, 1.807) is 0 Å². The predicted octanol–water partition coefficient (Wildman–Crippen LogP) is 0.404. The van der Waals surface area contributed by atoms with Gasteiger partial charge in [-0.1, -0.05) is 0 Å². The summed E-state index contributed by atoms with van der Waals surface area (Å²) < 4.78 is 43.2. The van der Waals surface area contributed by atoms with Crippen LogP contribution in [0.1, 0.15) is 6.42 Å². The molecule has 1 fully saturated rings. The third kappa shape index (κ3) is 2.74. The Bertz CT molecular complexity index is 590. The van der Waals surface area contributed by atoms with Gasteiger partial charge in [-0.2, -0.15) is 4.31 Å². The van der Waals surface area contributed by atoms with E-state index in [9.17, 15) is 17.6 Å². The van der Waals surface area contributed by atoms with Crippen LogP contribution in [0.2, 0.25) is 0 Å². The molecule has 0 bridgehead atoms. The van der Waals surface area contributed by atoms with Crippen LogP contribution in [-0.2, 0) is 19.6 Å². The number of pyridine rings is 1. The number of ether oxygens (including phenoxy) is 1. The summed E-state index contributed by atoms with van der Waals surface area (Å²) >= 11 is 0. The van der Waals surface area contributed by atoms with Gasteiger partial charge in [0.1, 0.15) is 10.7 Å². The summed E-state index contributed by atoms with van der Waals surface area (Å²) in [4.78, 5) is 14.7. The van der Waals surface area contributed by atoms with Gasteiger partial charge in [-0.3, -0.25) is 9.78 Å². The molecule has 0 radical (unpaired) electrons. The molecule has 1 aromatic rings. The zero-order chi connectivity index (χ0) is 14.0. The minimum absolute atomic E-state index is 0.0471. The number of hydrogen-bond donors (Lipinski definition) is 0. The van der Waals surface area contributed by atoms with Crippen molar-refractivity contribution in [2.24, 2.45) is 5.92 Å². The third-order valence-corrected chi connectivity index (χ3v) is 4.83. The number of sulfonamides is 1. The Morgan fingerprint density at radius 3 is 2.89 bits per heavy atom. The first-order valence-electron chi connectivity index (χ1n) is 5.63. The van der Waals surface area contributed by atoms with Gasteiger partial charge in [0.15, 0.2) is 0 Å². The van der Waals surface area contributed by atoms with Crippen LogP contribution in [0.15, 0.2) is 23.4 Å². The summed E-state index contributed by atoms with van der Waals surface area (Å²) in [6, 6.07) is 0.911. The van der Waals surface area contributed by atoms with E-state index in [2.05, 4.69) is 9.72 Å². The first kappa shape index (κ1) is 13.9. The molecule has 2 heterocycles. The molecule has 0 N–H and O–H groups in total. The van der Waals surface area contributed by atoms with E-state index in [4.69, 9.17) is 0 Å². The van der Waals surface area contributed by atoms with Crippen molar-refractivity contribution >= 4 is 16.0 Å². The van der Waals surface area contributed by atoms with Crippen molar-refractivity contribution in [3.05, 3.63) is 24.3 Å². The maximum atomic E-state index is 13.0. The molecule has 1 aliphatic heterocycles. The Kier molecular flexibility index (Phi) is 3.81.